The summed E-state index contributed by atoms with van der Waals surface area (Å²) >= 11 is 5.89. The molecular formula is C22H21ClN4O. The average Bonchev–Trinajstić information content (AvgIpc) is 2.73. The van der Waals surface area contributed by atoms with Gasteiger partial charge in [0.05, 0.1) is 16.7 Å². The number of para-hydroxylation sites is 2. The van der Waals surface area contributed by atoms with Crippen LogP contribution >= 0.6 is 11.6 Å². The average molecular weight is 393 g/mol. The quantitative estimate of drug-likeness (QED) is 0.633. The standard InChI is InChI=1S/C22H21ClN4O/c1-16-22(25-20-5-3-2-4-19(20)24-16)27-14-12-26(13-15-27)21(28)11-8-17-6-9-18(23)10-7-17/h2-11H,12-15H2,1H3/b11-8+. The zero-order chi connectivity index (χ0) is 19.5. The minimum absolute atomic E-state index is 0.0240. The van der Waals surface area contributed by atoms with Gasteiger partial charge in [-0.05, 0) is 42.8 Å². The number of aromatic nitrogens is 2. The number of carbonyl (C=O) groups is 1. The minimum Gasteiger partial charge on any atom is -0.352 e. The van der Waals surface area contributed by atoms with Crippen LogP contribution in [0.4, 0.5) is 5.82 Å². The largest absolute Gasteiger partial charge is 0.352 e. The highest BCUT2D eigenvalue weighted by atomic mass is 35.5. The number of anilines is 1. The maximum Gasteiger partial charge on any atom is 0.246 e. The molecule has 2 aromatic carbocycles. The number of rotatable bonds is 3. The van der Waals surface area contributed by atoms with Gasteiger partial charge in [-0.2, -0.15) is 0 Å². The van der Waals surface area contributed by atoms with Crippen molar-refractivity contribution in [1.82, 2.24) is 14.9 Å². The molecule has 3 aromatic rings. The van der Waals surface area contributed by atoms with E-state index in [9.17, 15) is 4.79 Å². The van der Waals surface area contributed by atoms with E-state index in [1.54, 1.807) is 6.08 Å². The lowest BCUT2D eigenvalue weighted by Crippen LogP contribution is -2.48. The molecule has 2 heterocycles. The number of hydrogen-bond donors (Lipinski definition) is 0. The summed E-state index contributed by atoms with van der Waals surface area (Å²) in [6.07, 6.45) is 3.45. The molecule has 1 aliphatic rings. The molecule has 0 N–H and O–H groups in total. The first-order valence-electron chi connectivity index (χ1n) is 9.31. The van der Waals surface area contributed by atoms with Crippen LogP contribution in [0.2, 0.25) is 5.02 Å². The van der Waals surface area contributed by atoms with Crippen molar-refractivity contribution in [3.05, 3.63) is 70.9 Å². The van der Waals surface area contributed by atoms with Crippen molar-refractivity contribution < 1.29 is 4.79 Å². The fourth-order valence-electron chi connectivity index (χ4n) is 3.36. The van der Waals surface area contributed by atoms with E-state index in [1.807, 2.05) is 66.4 Å². The summed E-state index contributed by atoms with van der Waals surface area (Å²) in [7, 11) is 0. The van der Waals surface area contributed by atoms with Crippen molar-refractivity contribution in [3.63, 3.8) is 0 Å². The molecule has 5 nitrogen and oxygen atoms in total. The van der Waals surface area contributed by atoms with Crippen molar-refractivity contribution >= 4 is 40.4 Å². The Kier molecular flexibility index (Phi) is 5.26. The molecule has 0 atom stereocenters. The molecule has 0 radical (unpaired) electrons. The van der Waals surface area contributed by atoms with Gasteiger partial charge in [0.15, 0.2) is 5.82 Å². The maximum atomic E-state index is 12.5. The van der Waals surface area contributed by atoms with Crippen LogP contribution in [0.25, 0.3) is 17.1 Å². The van der Waals surface area contributed by atoms with Gasteiger partial charge in [-0.3, -0.25) is 4.79 Å². The molecule has 1 aliphatic heterocycles. The molecule has 0 bridgehead atoms. The number of piperazine rings is 1. The van der Waals surface area contributed by atoms with Crippen LogP contribution < -0.4 is 4.90 Å². The third-order valence-electron chi connectivity index (χ3n) is 4.90. The second kappa shape index (κ2) is 7.98. The SMILES string of the molecule is Cc1nc2ccccc2nc1N1CCN(C(=O)/C=C/c2ccc(Cl)cc2)CC1. The van der Waals surface area contributed by atoms with Crippen LogP contribution in [0, 0.1) is 6.92 Å². The third kappa shape index (κ3) is 3.99. The Morgan fingerprint density at radius 2 is 1.61 bits per heavy atom. The Hall–Kier alpha value is -2.92. The van der Waals surface area contributed by atoms with Gasteiger partial charge in [-0.1, -0.05) is 35.9 Å². The smallest absolute Gasteiger partial charge is 0.246 e. The molecule has 0 spiro atoms. The summed E-state index contributed by atoms with van der Waals surface area (Å²) in [5, 5.41) is 0.687. The molecule has 1 aromatic heterocycles. The Balaban J connectivity index is 1.41. The van der Waals surface area contributed by atoms with E-state index in [1.165, 1.54) is 0 Å². The predicted molar refractivity (Wildman–Crippen MR) is 114 cm³/mol. The number of fused-ring (bicyclic) bond motifs is 1. The number of benzene rings is 2. The summed E-state index contributed by atoms with van der Waals surface area (Å²) in [4.78, 5) is 26.0. The number of carbonyl (C=O) groups excluding carboxylic acids is 1. The second-order valence-corrected chi connectivity index (χ2v) is 7.25. The summed E-state index contributed by atoms with van der Waals surface area (Å²) in [6.45, 7) is 4.80. The molecule has 1 saturated heterocycles. The molecular weight excluding hydrogens is 372 g/mol. The molecule has 0 aliphatic carbocycles. The Morgan fingerprint density at radius 1 is 0.964 bits per heavy atom. The van der Waals surface area contributed by atoms with E-state index >= 15 is 0 Å². The van der Waals surface area contributed by atoms with E-state index in [0.717, 1.165) is 41.2 Å². The number of aryl methyl sites for hydroxylation is 1. The molecule has 4 rings (SSSR count). The molecule has 6 heteroatoms. The van der Waals surface area contributed by atoms with Crippen molar-refractivity contribution in [2.45, 2.75) is 6.92 Å². The molecule has 28 heavy (non-hydrogen) atoms. The number of amides is 1. The molecule has 1 fully saturated rings. The lowest BCUT2D eigenvalue weighted by Gasteiger charge is -2.35. The van der Waals surface area contributed by atoms with Gasteiger partial charge in [-0.25, -0.2) is 9.97 Å². The van der Waals surface area contributed by atoms with E-state index in [2.05, 4.69) is 9.88 Å². The highest BCUT2D eigenvalue weighted by Crippen LogP contribution is 2.21. The van der Waals surface area contributed by atoms with Crippen LogP contribution in [-0.4, -0.2) is 47.0 Å². The van der Waals surface area contributed by atoms with Gasteiger partial charge in [0.25, 0.3) is 0 Å². The molecule has 0 unspecified atom stereocenters. The Morgan fingerprint density at radius 3 is 2.29 bits per heavy atom. The van der Waals surface area contributed by atoms with Crippen molar-refractivity contribution in [1.29, 1.82) is 0 Å². The van der Waals surface area contributed by atoms with Crippen molar-refractivity contribution in [2.24, 2.45) is 0 Å². The molecule has 142 valence electrons. The van der Waals surface area contributed by atoms with Gasteiger partial charge in [0, 0.05) is 37.3 Å². The first-order chi connectivity index (χ1) is 13.6. The van der Waals surface area contributed by atoms with Crippen LogP contribution in [0.5, 0.6) is 0 Å². The number of halogens is 1. The Labute approximate surface area is 169 Å². The van der Waals surface area contributed by atoms with Gasteiger partial charge < -0.3 is 9.80 Å². The fourth-order valence-corrected chi connectivity index (χ4v) is 3.49. The van der Waals surface area contributed by atoms with Gasteiger partial charge in [0.1, 0.15) is 0 Å². The molecule has 1 amide bonds. The number of nitrogens with zero attached hydrogens (tertiary/aromatic N) is 4. The number of hydrogen-bond acceptors (Lipinski definition) is 4. The summed E-state index contributed by atoms with van der Waals surface area (Å²) in [6, 6.07) is 15.3. The van der Waals surface area contributed by atoms with E-state index < -0.39 is 0 Å². The van der Waals surface area contributed by atoms with E-state index in [0.29, 0.717) is 18.1 Å². The molecule has 0 saturated carbocycles. The van der Waals surface area contributed by atoms with Gasteiger partial charge in [-0.15, -0.1) is 0 Å². The first kappa shape index (κ1) is 18.4. The van der Waals surface area contributed by atoms with Gasteiger partial charge >= 0.3 is 0 Å². The van der Waals surface area contributed by atoms with Crippen molar-refractivity contribution in [3.8, 4) is 0 Å². The summed E-state index contributed by atoms with van der Waals surface area (Å²) in [5.74, 6) is 0.929. The predicted octanol–water partition coefficient (Wildman–Crippen LogP) is 3.95. The highest BCUT2D eigenvalue weighted by molar-refractivity contribution is 6.30. The lowest BCUT2D eigenvalue weighted by atomic mass is 10.2. The van der Waals surface area contributed by atoms with Crippen LogP contribution in [0.3, 0.4) is 0 Å². The topological polar surface area (TPSA) is 49.3 Å². The van der Waals surface area contributed by atoms with Crippen LogP contribution in [-0.2, 0) is 4.79 Å². The van der Waals surface area contributed by atoms with E-state index in [-0.39, 0.29) is 5.91 Å². The first-order valence-corrected chi connectivity index (χ1v) is 9.69. The maximum absolute atomic E-state index is 12.5. The van der Waals surface area contributed by atoms with Gasteiger partial charge in [0.2, 0.25) is 5.91 Å². The minimum atomic E-state index is 0.0240. The zero-order valence-corrected chi connectivity index (χ0v) is 16.4. The van der Waals surface area contributed by atoms with Crippen LogP contribution in [0.15, 0.2) is 54.6 Å². The Bertz CT molecular complexity index is 1020. The third-order valence-corrected chi connectivity index (χ3v) is 5.15. The zero-order valence-electron chi connectivity index (χ0n) is 15.7. The summed E-state index contributed by atoms with van der Waals surface area (Å²) in [5.41, 5.74) is 3.68. The normalized spacial score (nSPS) is 14.8. The summed E-state index contributed by atoms with van der Waals surface area (Å²) < 4.78 is 0. The lowest BCUT2D eigenvalue weighted by molar-refractivity contribution is -0.126. The highest BCUT2D eigenvalue weighted by Gasteiger charge is 2.22. The van der Waals surface area contributed by atoms with Crippen LogP contribution in [0.1, 0.15) is 11.3 Å². The monoisotopic (exact) mass is 392 g/mol. The van der Waals surface area contributed by atoms with Crippen molar-refractivity contribution in [2.75, 3.05) is 31.1 Å². The second-order valence-electron chi connectivity index (χ2n) is 6.82. The fraction of sp³-hybridized carbons (Fsp3) is 0.227. The van der Waals surface area contributed by atoms with E-state index in [4.69, 9.17) is 16.6 Å².